The fraction of sp³-hybridized carbons (Fsp3) is 0.333. The van der Waals surface area contributed by atoms with Gasteiger partial charge < -0.3 is 4.90 Å². The molecule has 2 rings (SSSR count). The number of hydrogen-bond acceptors (Lipinski definition) is 2. The Morgan fingerprint density at radius 3 is 2.65 bits per heavy atom. The molecule has 5 heteroatoms. The highest BCUT2D eigenvalue weighted by Crippen LogP contribution is 2.31. The van der Waals surface area contributed by atoms with Crippen LogP contribution in [0.4, 0.5) is 5.69 Å². The van der Waals surface area contributed by atoms with Crippen LogP contribution in [0.25, 0.3) is 0 Å². The van der Waals surface area contributed by atoms with E-state index in [4.69, 9.17) is 23.2 Å². The van der Waals surface area contributed by atoms with Gasteiger partial charge in [0.2, 0.25) is 0 Å². The second-order valence-electron chi connectivity index (χ2n) is 3.84. The molecule has 90 valence electrons. The third-order valence-corrected chi connectivity index (χ3v) is 3.20. The molecule has 0 saturated carbocycles. The molecular weight excluding hydrogens is 261 g/mol. The lowest BCUT2D eigenvalue weighted by atomic mass is 10.1. The molecule has 0 aliphatic carbocycles. The number of rotatable bonds is 4. The van der Waals surface area contributed by atoms with Gasteiger partial charge in [-0.1, -0.05) is 11.6 Å². The molecular formula is C12H11Cl2NO2. The van der Waals surface area contributed by atoms with Crippen LogP contribution in [0.15, 0.2) is 18.2 Å². The molecule has 3 nitrogen and oxygen atoms in total. The number of unbranched alkanes of at least 4 members (excludes halogenated alkanes) is 1. The van der Waals surface area contributed by atoms with E-state index in [2.05, 4.69) is 0 Å². The van der Waals surface area contributed by atoms with Crippen molar-refractivity contribution in [1.82, 2.24) is 0 Å². The molecule has 1 amide bonds. The third-order valence-electron chi connectivity index (χ3n) is 2.70. The first-order valence-electron chi connectivity index (χ1n) is 5.37. The van der Waals surface area contributed by atoms with E-state index >= 15 is 0 Å². The molecule has 0 saturated heterocycles. The Bertz CT molecular complexity index is 474. The number of alkyl halides is 1. The molecule has 0 spiro atoms. The molecule has 1 aromatic rings. The molecule has 1 aliphatic heterocycles. The lowest BCUT2D eigenvalue weighted by Crippen LogP contribution is -2.30. The molecule has 0 unspecified atom stereocenters. The summed E-state index contributed by atoms with van der Waals surface area (Å²) in [5.74, 6) is -0.395. The summed E-state index contributed by atoms with van der Waals surface area (Å²) in [5.41, 5.74) is 1.05. The highest BCUT2D eigenvalue weighted by atomic mass is 35.5. The van der Waals surface area contributed by atoms with E-state index in [0.29, 0.717) is 28.7 Å². The minimum atomic E-state index is -0.478. The molecule has 0 fully saturated rings. The molecule has 0 bridgehead atoms. The monoisotopic (exact) mass is 271 g/mol. The van der Waals surface area contributed by atoms with Crippen molar-refractivity contribution in [3.05, 3.63) is 28.8 Å². The first kappa shape index (κ1) is 12.4. The van der Waals surface area contributed by atoms with Gasteiger partial charge in [-0.15, -0.1) is 11.6 Å². The lowest BCUT2D eigenvalue weighted by Gasteiger charge is -2.15. The summed E-state index contributed by atoms with van der Waals surface area (Å²) in [6.45, 7) is 0.520. The van der Waals surface area contributed by atoms with E-state index in [0.717, 1.165) is 12.8 Å². The minimum absolute atomic E-state index is 0.397. The van der Waals surface area contributed by atoms with Crippen LogP contribution in [-0.4, -0.2) is 24.1 Å². The summed E-state index contributed by atoms with van der Waals surface area (Å²) in [7, 11) is 0. The maximum Gasteiger partial charge on any atom is 0.299 e. The highest BCUT2D eigenvalue weighted by molar-refractivity contribution is 6.52. The van der Waals surface area contributed by atoms with Gasteiger partial charge in [0, 0.05) is 17.4 Å². The first-order valence-corrected chi connectivity index (χ1v) is 6.28. The Hall–Kier alpha value is -1.06. The molecule has 1 aromatic carbocycles. The zero-order valence-corrected chi connectivity index (χ0v) is 10.6. The van der Waals surface area contributed by atoms with Gasteiger partial charge >= 0.3 is 0 Å². The van der Waals surface area contributed by atoms with Crippen molar-refractivity contribution in [1.29, 1.82) is 0 Å². The molecule has 0 aromatic heterocycles. The largest absolute Gasteiger partial charge is 0.305 e. The maximum atomic E-state index is 11.8. The van der Waals surface area contributed by atoms with Gasteiger partial charge in [-0.2, -0.15) is 0 Å². The second-order valence-corrected chi connectivity index (χ2v) is 4.66. The van der Waals surface area contributed by atoms with Crippen LogP contribution in [0.1, 0.15) is 23.2 Å². The van der Waals surface area contributed by atoms with Gasteiger partial charge in [-0.25, -0.2) is 0 Å². The Labute approximate surface area is 109 Å². The molecule has 0 radical (unpaired) electrons. The third kappa shape index (κ3) is 2.31. The van der Waals surface area contributed by atoms with Crippen molar-refractivity contribution in [2.75, 3.05) is 17.3 Å². The van der Waals surface area contributed by atoms with E-state index < -0.39 is 11.7 Å². The van der Waals surface area contributed by atoms with Crippen molar-refractivity contribution in [3.63, 3.8) is 0 Å². The molecule has 17 heavy (non-hydrogen) atoms. The average Bonchev–Trinajstić information content (AvgIpc) is 2.54. The fourth-order valence-electron chi connectivity index (χ4n) is 1.86. The zero-order chi connectivity index (χ0) is 12.4. The number of ketones is 1. The summed E-state index contributed by atoms with van der Waals surface area (Å²) in [4.78, 5) is 25.0. The number of amides is 1. The Morgan fingerprint density at radius 1 is 1.18 bits per heavy atom. The SMILES string of the molecule is O=C1C(=O)N(CCCCCl)c2ccc(Cl)cc21. The predicted octanol–water partition coefficient (Wildman–Crippen LogP) is 2.89. The van der Waals surface area contributed by atoms with Crippen LogP contribution < -0.4 is 4.90 Å². The van der Waals surface area contributed by atoms with Gasteiger partial charge in [0.25, 0.3) is 11.7 Å². The summed E-state index contributed by atoms with van der Waals surface area (Å²) in [6, 6.07) is 4.93. The number of carbonyl (C=O) groups excluding carboxylic acids is 2. The summed E-state index contributed by atoms with van der Waals surface area (Å²) in [6.07, 6.45) is 1.60. The fourth-order valence-corrected chi connectivity index (χ4v) is 2.22. The Kier molecular flexibility index (Phi) is 3.69. The van der Waals surface area contributed by atoms with Crippen LogP contribution in [0.2, 0.25) is 5.02 Å². The van der Waals surface area contributed by atoms with Gasteiger partial charge in [-0.05, 0) is 31.0 Å². The zero-order valence-electron chi connectivity index (χ0n) is 9.08. The van der Waals surface area contributed by atoms with Crippen molar-refractivity contribution >= 4 is 40.6 Å². The van der Waals surface area contributed by atoms with Gasteiger partial charge in [0.15, 0.2) is 0 Å². The lowest BCUT2D eigenvalue weighted by molar-refractivity contribution is -0.114. The minimum Gasteiger partial charge on any atom is -0.305 e. The van der Waals surface area contributed by atoms with Crippen LogP contribution in [-0.2, 0) is 4.79 Å². The second kappa shape index (κ2) is 5.07. The number of hydrogen-bond donors (Lipinski definition) is 0. The topological polar surface area (TPSA) is 37.4 Å². The number of Topliss-reactive ketones (excluding diaryl/α,β-unsaturated/α-hetero) is 1. The van der Waals surface area contributed by atoms with Crippen molar-refractivity contribution in [3.8, 4) is 0 Å². The number of carbonyl (C=O) groups is 2. The summed E-state index contributed by atoms with van der Waals surface area (Å²) >= 11 is 11.4. The highest BCUT2D eigenvalue weighted by Gasteiger charge is 2.35. The molecule has 1 aliphatic rings. The van der Waals surface area contributed by atoms with Crippen LogP contribution in [0.5, 0.6) is 0 Å². The average molecular weight is 272 g/mol. The van der Waals surface area contributed by atoms with E-state index in [1.807, 2.05) is 0 Å². The first-order chi connectivity index (χ1) is 8.15. The van der Waals surface area contributed by atoms with Crippen LogP contribution in [0.3, 0.4) is 0 Å². The number of fused-ring (bicyclic) bond motifs is 1. The summed E-state index contributed by atoms with van der Waals surface area (Å²) < 4.78 is 0. The van der Waals surface area contributed by atoms with Crippen molar-refractivity contribution in [2.45, 2.75) is 12.8 Å². The van der Waals surface area contributed by atoms with Crippen molar-refractivity contribution < 1.29 is 9.59 Å². The molecule has 0 atom stereocenters. The molecule has 1 heterocycles. The number of nitrogens with zero attached hydrogens (tertiary/aromatic N) is 1. The smallest absolute Gasteiger partial charge is 0.299 e. The van der Waals surface area contributed by atoms with E-state index in [1.165, 1.54) is 4.90 Å². The Balaban J connectivity index is 2.25. The number of benzene rings is 1. The summed E-state index contributed by atoms with van der Waals surface area (Å²) in [5, 5.41) is 0.465. The van der Waals surface area contributed by atoms with E-state index in [1.54, 1.807) is 18.2 Å². The predicted molar refractivity (Wildman–Crippen MR) is 68.1 cm³/mol. The quantitative estimate of drug-likeness (QED) is 0.480. The normalized spacial score (nSPS) is 14.4. The molecule has 0 N–H and O–H groups in total. The Morgan fingerprint density at radius 2 is 1.94 bits per heavy atom. The van der Waals surface area contributed by atoms with E-state index in [9.17, 15) is 9.59 Å². The van der Waals surface area contributed by atoms with Gasteiger partial charge in [0.1, 0.15) is 0 Å². The number of anilines is 1. The van der Waals surface area contributed by atoms with Gasteiger partial charge in [-0.3, -0.25) is 9.59 Å². The standard InChI is InChI=1S/C12H11Cl2NO2/c13-5-1-2-6-15-10-4-3-8(14)7-9(10)11(16)12(15)17/h3-4,7H,1-2,5-6H2. The van der Waals surface area contributed by atoms with E-state index in [-0.39, 0.29) is 0 Å². The van der Waals surface area contributed by atoms with Crippen LogP contribution in [0, 0.1) is 0 Å². The number of halogens is 2. The van der Waals surface area contributed by atoms with Crippen LogP contribution >= 0.6 is 23.2 Å². The van der Waals surface area contributed by atoms with Crippen molar-refractivity contribution in [2.24, 2.45) is 0 Å². The van der Waals surface area contributed by atoms with Gasteiger partial charge in [0.05, 0.1) is 11.3 Å². The maximum absolute atomic E-state index is 11.8.